The molecule has 0 saturated carbocycles. The van der Waals surface area contributed by atoms with Crippen LogP contribution in [0.4, 0.5) is 5.82 Å². The molecule has 7 nitrogen and oxygen atoms in total. The molecule has 0 bridgehead atoms. The van der Waals surface area contributed by atoms with E-state index >= 15 is 0 Å². The molecule has 0 unspecified atom stereocenters. The number of amides is 1. The lowest BCUT2D eigenvalue weighted by Crippen LogP contribution is -2.13. The van der Waals surface area contributed by atoms with Gasteiger partial charge in [0.15, 0.2) is 5.82 Å². The molecule has 1 amide bonds. The molecule has 2 aromatic heterocycles. The molecule has 0 spiro atoms. The van der Waals surface area contributed by atoms with Crippen LogP contribution in [0.3, 0.4) is 0 Å². The Morgan fingerprint density at radius 3 is 2.96 bits per heavy atom. The maximum absolute atomic E-state index is 11.8. The van der Waals surface area contributed by atoms with E-state index < -0.39 is 5.91 Å². The quantitative estimate of drug-likeness (QED) is 0.694. The lowest BCUT2D eigenvalue weighted by atomic mass is 10.1. The summed E-state index contributed by atoms with van der Waals surface area (Å²) < 4.78 is 0. The Morgan fingerprint density at radius 1 is 1.38 bits per heavy atom. The number of halogens is 1. The molecular weight excluding hydrogens is 328 g/mol. The Balaban J connectivity index is 1.90. The summed E-state index contributed by atoms with van der Waals surface area (Å²) in [6.45, 7) is 0. The topological polar surface area (TPSA) is 110 Å². The SMILES string of the molecule is NC(=O)c1c(N=Cc2cnccn2)n[nH]c1Cc1cccc(Cl)c1. The minimum absolute atomic E-state index is 0.213. The van der Waals surface area contributed by atoms with Gasteiger partial charge in [0.25, 0.3) is 5.91 Å². The smallest absolute Gasteiger partial charge is 0.254 e. The zero-order valence-corrected chi connectivity index (χ0v) is 13.2. The van der Waals surface area contributed by atoms with Gasteiger partial charge in [-0.05, 0) is 17.7 Å². The number of aromatic amines is 1. The molecule has 3 rings (SSSR count). The van der Waals surface area contributed by atoms with Crippen LogP contribution in [0.5, 0.6) is 0 Å². The van der Waals surface area contributed by atoms with Crippen molar-refractivity contribution in [2.24, 2.45) is 10.7 Å². The summed E-state index contributed by atoms with van der Waals surface area (Å²) in [5.41, 5.74) is 7.79. The van der Waals surface area contributed by atoms with Crippen molar-refractivity contribution in [1.29, 1.82) is 0 Å². The molecule has 3 N–H and O–H groups in total. The third-order valence-corrected chi connectivity index (χ3v) is 3.48. The van der Waals surface area contributed by atoms with E-state index in [0.717, 1.165) is 5.56 Å². The average molecular weight is 341 g/mol. The van der Waals surface area contributed by atoms with Crippen LogP contribution in [-0.4, -0.2) is 32.3 Å². The van der Waals surface area contributed by atoms with E-state index in [-0.39, 0.29) is 11.4 Å². The number of primary amides is 1. The number of aromatic nitrogens is 4. The largest absolute Gasteiger partial charge is 0.365 e. The summed E-state index contributed by atoms with van der Waals surface area (Å²) in [6.07, 6.45) is 6.56. The zero-order chi connectivity index (χ0) is 16.9. The summed E-state index contributed by atoms with van der Waals surface area (Å²) >= 11 is 5.98. The molecule has 24 heavy (non-hydrogen) atoms. The van der Waals surface area contributed by atoms with Gasteiger partial charge < -0.3 is 5.73 Å². The van der Waals surface area contributed by atoms with E-state index in [1.165, 1.54) is 6.21 Å². The van der Waals surface area contributed by atoms with Gasteiger partial charge in [0.1, 0.15) is 5.56 Å². The maximum Gasteiger partial charge on any atom is 0.254 e. The summed E-state index contributed by atoms with van der Waals surface area (Å²) in [5, 5.41) is 7.50. The highest BCUT2D eigenvalue weighted by Gasteiger charge is 2.18. The number of benzene rings is 1. The molecule has 0 fully saturated rings. The van der Waals surface area contributed by atoms with Gasteiger partial charge >= 0.3 is 0 Å². The van der Waals surface area contributed by atoms with E-state index in [9.17, 15) is 4.79 Å². The number of rotatable bonds is 5. The number of carbonyl (C=O) groups excluding carboxylic acids is 1. The number of nitrogens with zero attached hydrogens (tertiary/aromatic N) is 4. The van der Waals surface area contributed by atoms with Crippen molar-refractivity contribution in [3.8, 4) is 0 Å². The first-order valence-corrected chi connectivity index (χ1v) is 7.43. The maximum atomic E-state index is 11.8. The second-order valence-electron chi connectivity index (χ2n) is 4.96. The average Bonchev–Trinajstić information content (AvgIpc) is 2.97. The van der Waals surface area contributed by atoms with Gasteiger partial charge in [-0.2, -0.15) is 5.10 Å². The van der Waals surface area contributed by atoms with Crippen molar-refractivity contribution in [3.05, 3.63) is 70.4 Å². The monoisotopic (exact) mass is 340 g/mol. The number of nitrogens with two attached hydrogens (primary N) is 1. The molecule has 0 aliphatic rings. The Kier molecular flexibility index (Phi) is 4.62. The van der Waals surface area contributed by atoms with Crippen LogP contribution in [-0.2, 0) is 6.42 Å². The Hall–Kier alpha value is -3.06. The first-order chi connectivity index (χ1) is 11.6. The standard InChI is InChI=1S/C16H13ClN6O/c17-11-3-1-2-10(6-11)7-13-14(15(18)24)16(23-22-13)21-9-12-8-19-4-5-20-12/h1-6,8-9H,7H2,(H2,18,24)(H,22,23). The van der Waals surface area contributed by atoms with Crippen molar-refractivity contribution in [2.75, 3.05) is 0 Å². The van der Waals surface area contributed by atoms with Gasteiger partial charge in [-0.3, -0.25) is 19.9 Å². The molecule has 8 heteroatoms. The Morgan fingerprint density at radius 2 is 2.25 bits per heavy atom. The van der Waals surface area contributed by atoms with E-state index in [0.29, 0.717) is 22.8 Å². The van der Waals surface area contributed by atoms with Gasteiger partial charge in [0.05, 0.1) is 23.8 Å². The van der Waals surface area contributed by atoms with E-state index in [2.05, 4.69) is 25.2 Å². The van der Waals surface area contributed by atoms with Gasteiger partial charge in [-0.15, -0.1) is 0 Å². The number of hydrogen-bond acceptors (Lipinski definition) is 5. The second-order valence-corrected chi connectivity index (χ2v) is 5.40. The predicted octanol–water partition coefficient (Wildman–Crippen LogP) is 2.29. The van der Waals surface area contributed by atoms with E-state index in [4.69, 9.17) is 17.3 Å². The first-order valence-electron chi connectivity index (χ1n) is 7.05. The Labute approximate surface area is 142 Å². The molecule has 0 saturated heterocycles. The van der Waals surface area contributed by atoms with Crippen LogP contribution in [0, 0.1) is 0 Å². The van der Waals surface area contributed by atoms with Crippen molar-refractivity contribution in [3.63, 3.8) is 0 Å². The fraction of sp³-hybridized carbons (Fsp3) is 0.0625. The van der Waals surface area contributed by atoms with Crippen LogP contribution in [0.1, 0.15) is 27.3 Å². The summed E-state index contributed by atoms with van der Waals surface area (Å²) in [6, 6.07) is 7.34. The number of carbonyl (C=O) groups is 1. The minimum atomic E-state index is -0.605. The van der Waals surface area contributed by atoms with Crippen LogP contribution in [0.15, 0.2) is 47.8 Å². The molecule has 2 heterocycles. The zero-order valence-electron chi connectivity index (χ0n) is 12.5. The fourth-order valence-electron chi connectivity index (χ4n) is 2.20. The summed E-state index contributed by atoms with van der Waals surface area (Å²) in [5.74, 6) is -0.391. The second kappa shape index (κ2) is 7.01. The lowest BCUT2D eigenvalue weighted by molar-refractivity contribution is 0.100. The predicted molar refractivity (Wildman–Crippen MR) is 90.6 cm³/mol. The molecule has 0 aliphatic carbocycles. The third-order valence-electron chi connectivity index (χ3n) is 3.24. The van der Waals surface area contributed by atoms with Crippen molar-refractivity contribution in [1.82, 2.24) is 20.2 Å². The van der Waals surface area contributed by atoms with Crippen LogP contribution in [0.2, 0.25) is 5.02 Å². The van der Waals surface area contributed by atoms with E-state index in [1.807, 2.05) is 18.2 Å². The highest BCUT2D eigenvalue weighted by atomic mass is 35.5. The van der Waals surface area contributed by atoms with Crippen molar-refractivity contribution < 1.29 is 4.79 Å². The number of nitrogens with one attached hydrogen (secondary N) is 1. The van der Waals surface area contributed by atoms with Crippen LogP contribution >= 0.6 is 11.6 Å². The molecule has 3 aromatic rings. The molecule has 1 aromatic carbocycles. The first kappa shape index (κ1) is 15.8. The van der Waals surface area contributed by atoms with Crippen LogP contribution < -0.4 is 5.73 Å². The molecule has 120 valence electrons. The van der Waals surface area contributed by atoms with Crippen molar-refractivity contribution >= 4 is 29.5 Å². The molecule has 0 radical (unpaired) electrons. The molecule has 0 aliphatic heterocycles. The highest BCUT2D eigenvalue weighted by Crippen LogP contribution is 2.22. The third kappa shape index (κ3) is 3.64. The summed E-state index contributed by atoms with van der Waals surface area (Å²) in [4.78, 5) is 24.0. The lowest BCUT2D eigenvalue weighted by Gasteiger charge is -2.02. The summed E-state index contributed by atoms with van der Waals surface area (Å²) in [7, 11) is 0. The van der Waals surface area contributed by atoms with Gasteiger partial charge in [-0.25, -0.2) is 4.99 Å². The molecular formula is C16H13ClN6O. The Bertz CT molecular complexity index is 891. The van der Waals surface area contributed by atoms with Gasteiger partial charge in [-0.1, -0.05) is 23.7 Å². The number of hydrogen-bond donors (Lipinski definition) is 2. The van der Waals surface area contributed by atoms with Gasteiger partial charge in [0.2, 0.25) is 0 Å². The molecule has 0 atom stereocenters. The van der Waals surface area contributed by atoms with Crippen molar-refractivity contribution in [2.45, 2.75) is 6.42 Å². The van der Waals surface area contributed by atoms with E-state index in [1.54, 1.807) is 24.7 Å². The number of aliphatic imine (C=N–C) groups is 1. The number of H-pyrrole nitrogens is 1. The minimum Gasteiger partial charge on any atom is -0.365 e. The highest BCUT2D eigenvalue weighted by molar-refractivity contribution is 6.30. The fourth-order valence-corrected chi connectivity index (χ4v) is 2.42. The van der Waals surface area contributed by atoms with Gasteiger partial charge in [0, 0.05) is 23.8 Å². The normalized spacial score (nSPS) is 11.0. The van der Waals surface area contributed by atoms with Crippen LogP contribution in [0.25, 0.3) is 0 Å².